The average Bonchev–Trinajstić information content (AvgIpc) is 2.73. The zero-order valence-electron chi connectivity index (χ0n) is 10.3. The van der Waals surface area contributed by atoms with Gasteiger partial charge in [-0.2, -0.15) is 0 Å². The van der Waals surface area contributed by atoms with Crippen molar-refractivity contribution in [3.8, 4) is 11.5 Å². The van der Waals surface area contributed by atoms with E-state index >= 15 is 0 Å². The third-order valence-corrected chi connectivity index (χ3v) is 2.60. The molecule has 0 radical (unpaired) electrons. The van der Waals surface area contributed by atoms with E-state index in [-0.39, 0.29) is 6.79 Å². The van der Waals surface area contributed by atoms with Crippen LogP contribution >= 0.6 is 11.6 Å². The van der Waals surface area contributed by atoms with Crippen molar-refractivity contribution in [3.63, 3.8) is 0 Å². The summed E-state index contributed by atoms with van der Waals surface area (Å²) in [4.78, 5) is 0. The summed E-state index contributed by atoms with van der Waals surface area (Å²) >= 11 is 6.19. The molecule has 90 valence electrons. The molecule has 1 aliphatic rings. The Kier molecular flexibility index (Phi) is 4.94. The van der Waals surface area contributed by atoms with Crippen LogP contribution < -0.4 is 9.47 Å². The highest BCUT2D eigenvalue weighted by Crippen LogP contribution is 2.41. The molecule has 2 rings (SSSR count). The maximum atomic E-state index is 6.19. The SMILES string of the molecule is CC.CC(C)Cc1ccc2c(c1Cl)OCO2. The van der Waals surface area contributed by atoms with Gasteiger partial charge in [0.15, 0.2) is 11.5 Å². The number of fused-ring (bicyclic) bond motifs is 1. The second kappa shape index (κ2) is 6.00. The third kappa shape index (κ3) is 2.82. The molecule has 0 aromatic heterocycles. The molecule has 0 amide bonds. The van der Waals surface area contributed by atoms with Crippen molar-refractivity contribution in [2.75, 3.05) is 6.79 Å². The van der Waals surface area contributed by atoms with Crippen LogP contribution in [0.4, 0.5) is 0 Å². The number of hydrogen-bond donors (Lipinski definition) is 0. The highest BCUT2D eigenvalue weighted by molar-refractivity contribution is 6.33. The van der Waals surface area contributed by atoms with Crippen LogP contribution in [0.2, 0.25) is 5.02 Å². The molecular weight excluding hydrogens is 224 g/mol. The lowest BCUT2D eigenvalue weighted by atomic mass is 10.0. The Morgan fingerprint density at radius 2 is 1.94 bits per heavy atom. The van der Waals surface area contributed by atoms with Crippen molar-refractivity contribution < 1.29 is 9.47 Å². The van der Waals surface area contributed by atoms with Crippen LogP contribution in [0.15, 0.2) is 12.1 Å². The van der Waals surface area contributed by atoms with Gasteiger partial charge in [-0.3, -0.25) is 0 Å². The van der Waals surface area contributed by atoms with E-state index in [1.165, 1.54) is 0 Å². The minimum atomic E-state index is 0.278. The van der Waals surface area contributed by atoms with Crippen LogP contribution in [0.3, 0.4) is 0 Å². The molecule has 0 saturated heterocycles. The Bertz CT molecular complexity index is 348. The van der Waals surface area contributed by atoms with E-state index in [2.05, 4.69) is 13.8 Å². The lowest BCUT2D eigenvalue weighted by molar-refractivity contribution is 0.174. The molecule has 3 heteroatoms. The quantitative estimate of drug-likeness (QED) is 0.770. The summed E-state index contributed by atoms with van der Waals surface area (Å²) in [6.07, 6.45) is 0.968. The molecule has 1 aromatic rings. The van der Waals surface area contributed by atoms with Gasteiger partial charge in [0, 0.05) is 0 Å². The van der Waals surface area contributed by atoms with Gasteiger partial charge in [-0.15, -0.1) is 0 Å². The molecule has 0 unspecified atom stereocenters. The monoisotopic (exact) mass is 242 g/mol. The van der Waals surface area contributed by atoms with Crippen LogP contribution in [0.25, 0.3) is 0 Å². The molecule has 0 atom stereocenters. The molecule has 0 spiro atoms. The molecule has 1 aromatic carbocycles. The molecule has 0 bridgehead atoms. The summed E-state index contributed by atoms with van der Waals surface area (Å²) in [5.41, 5.74) is 1.13. The maximum Gasteiger partial charge on any atom is 0.231 e. The Balaban J connectivity index is 0.000000606. The van der Waals surface area contributed by atoms with Crippen LogP contribution in [0.1, 0.15) is 33.3 Å². The third-order valence-electron chi connectivity index (χ3n) is 2.19. The molecule has 0 fully saturated rings. The zero-order valence-corrected chi connectivity index (χ0v) is 11.1. The van der Waals surface area contributed by atoms with Crippen LogP contribution in [-0.4, -0.2) is 6.79 Å². The van der Waals surface area contributed by atoms with Gasteiger partial charge in [0.05, 0.1) is 5.02 Å². The number of hydrogen-bond acceptors (Lipinski definition) is 2. The van der Waals surface area contributed by atoms with E-state index in [1.807, 2.05) is 26.0 Å². The van der Waals surface area contributed by atoms with Gasteiger partial charge >= 0.3 is 0 Å². The Morgan fingerprint density at radius 3 is 2.56 bits per heavy atom. The van der Waals surface area contributed by atoms with Gasteiger partial charge < -0.3 is 9.47 Å². The Hall–Kier alpha value is -0.890. The molecule has 16 heavy (non-hydrogen) atoms. The van der Waals surface area contributed by atoms with Crippen molar-refractivity contribution in [2.24, 2.45) is 5.92 Å². The summed E-state index contributed by atoms with van der Waals surface area (Å²) in [6.45, 7) is 8.61. The smallest absolute Gasteiger partial charge is 0.231 e. The minimum absolute atomic E-state index is 0.278. The molecule has 0 aliphatic carbocycles. The lowest BCUT2D eigenvalue weighted by Gasteiger charge is -2.08. The maximum absolute atomic E-state index is 6.19. The second-order valence-electron chi connectivity index (χ2n) is 3.87. The number of halogens is 1. The number of ether oxygens (including phenoxy) is 2. The fourth-order valence-corrected chi connectivity index (χ4v) is 1.86. The predicted molar refractivity (Wildman–Crippen MR) is 67.5 cm³/mol. The molecule has 1 aliphatic heterocycles. The number of rotatable bonds is 2. The highest BCUT2D eigenvalue weighted by atomic mass is 35.5. The van der Waals surface area contributed by atoms with E-state index < -0.39 is 0 Å². The summed E-state index contributed by atoms with van der Waals surface area (Å²) in [7, 11) is 0. The van der Waals surface area contributed by atoms with Crippen molar-refractivity contribution in [3.05, 3.63) is 22.7 Å². The van der Waals surface area contributed by atoms with Gasteiger partial charge in [0.1, 0.15) is 0 Å². The van der Waals surface area contributed by atoms with Gasteiger partial charge in [-0.1, -0.05) is 45.4 Å². The minimum Gasteiger partial charge on any atom is -0.454 e. The molecular formula is C13H19ClO2. The van der Waals surface area contributed by atoms with Crippen molar-refractivity contribution >= 4 is 11.6 Å². The van der Waals surface area contributed by atoms with Gasteiger partial charge in [-0.05, 0) is 24.0 Å². The van der Waals surface area contributed by atoms with Crippen LogP contribution in [-0.2, 0) is 6.42 Å². The summed E-state index contributed by atoms with van der Waals surface area (Å²) < 4.78 is 10.5. The first-order chi connectivity index (χ1) is 7.68. The van der Waals surface area contributed by atoms with Crippen molar-refractivity contribution in [2.45, 2.75) is 34.1 Å². The largest absolute Gasteiger partial charge is 0.454 e. The second-order valence-corrected chi connectivity index (χ2v) is 4.25. The van der Waals surface area contributed by atoms with Gasteiger partial charge in [0.2, 0.25) is 6.79 Å². The van der Waals surface area contributed by atoms with E-state index in [0.717, 1.165) is 17.7 Å². The summed E-state index contributed by atoms with van der Waals surface area (Å²) in [5.74, 6) is 2.04. The van der Waals surface area contributed by atoms with Crippen molar-refractivity contribution in [1.82, 2.24) is 0 Å². The molecule has 1 heterocycles. The van der Waals surface area contributed by atoms with E-state index in [4.69, 9.17) is 21.1 Å². The van der Waals surface area contributed by atoms with Crippen molar-refractivity contribution in [1.29, 1.82) is 0 Å². The Labute approximate surface area is 103 Å². The summed E-state index contributed by atoms with van der Waals surface area (Å²) in [6, 6.07) is 3.93. The fourth-order valence-electron chi connectivity index (χ4n) is 1.58. The van der Waals surface area contributed by atoms with E-state index in [0.29, 0.717) is 16.7 Å². The molecule has 0 saturated carbocycles. The molecule has 0 N–H and O–H groups in total. The fraction of sp³-hybridized carbons (Fsp3) is 0.538. The standard InChI is InChI=1S/C11H13ClO2.C2H6/c1-7(2)5-8-3-4-9-11(10(8)12)14-6-13-9;1-2/h3-4,7H,5-6H2,1-2H3;1-2H3. The first-order valence-corrected chi connectivity index (χ1v) is 6.13. The normalized spacial score (nSPS) is 12.4. The molecule has 2 nitrogen and oxygen atoms in total. The van der Waals surface area contributed by atoms with Crippen LogP contribution in [0, 0.1) is 5.92 Å². The zero-order chi connectivity index (χ0) is 12.1. The van der Waals surface area contributed by atoms with Crippen LogP contribution in [0.5, 0.6) is 11.5 Å². The van der Waals surface area contributed by atoms with E-state index in [9.17, 15) is 0 Å². The van der Waals surface area contributed by atoms with Gasteiger partial charge in [0.25, 0.3) is 0 Å². The topological polar surface area (TPSA) is 18.5 Å². The van der Waals surface area contributed by atoms with Gasteiger partial charge in [-0.25, -0.2) is 0 Å². The predicted octanol–water partition coefficient (Wildman–Crippen LogP) is 4.29. The average molecular weight is 243 g/mol. The Morgan fingerprint density at radius 1 is 1.25 bits per heavy atom. The summed E-state index contributed by atoms with van der Waals surface area (Å²) in [5, 5.41) is 0.703. The first-order valence-electron chi connectivity index (χ1n) is 5.75. The lowest BCUT2D eigenvalue weighted by Crippen LogP contribution is -1.95. The number of benzene rings is 1. The first kappa shape index (κ1) is 13.2. The van der Waals surface area contributed by atoms with E-state index in [1.54, 1.807) is 0 Å². The highest BCUT2D eigenvalue weighted by Gasteiger charge is 2.19.